The number of benzene rings is 2. The highest BCUT2D eigenvalue weighted by Gasteiger charge is 2.16. The molecule has 0 saturated carbocycles. The quantitative estimate of drug-likeness (QED) is 0.419. The number of methoxy groups -OCH3 is 1. The van der Waals surface area contributed by atoms with Gasteiger partial charge in [0, 0.05) is 41.6 Å². The first-order valence-corrected chi connectivity index (χ1v) is 11.2. The second kappa shape index (κ2) is 8.81. The van der Waals surface area contributed by atoms with Crippen LogP contribution in [0.15, 0.2) is 54.0 Å². The summed E-state index contributed by atoms with van der Waals surface area (Å²) in [5.41, 5.74) is 5.38. The number of anilines is 2. The van der Waals surface area contributed by atoms with Crippen LogP contribution in [0.5, 0.6) is 5.75 Å². The normalized spacial score (nSPS) is 11.0. The third-order valence-electron chi connectivity index (χ3n) is 5.41. The minimum atomic E-state index is -0.149. The number of amides is 1. The average Bonchev–Trinajstić information content (AvgIpc) is 3.37. The fourth-order valence-corrected chi connectivity index (χ4v) is 4.46. The number of hydrogen-bond acceptors (Lipinski definition) is 5. The van der Waals surface area contributed by atoms with Gasteiger partial charge < -0.3 is 15.0 Å². The number of aryl methyl sites for hydroxylation is 1. The molecule has 4 rings (SSSR count). The van der Waals surface area contributed by atoms with Crippen molar-refractivity contribution in [3.05, 3.63) is 65.3 Å². The first kappa shape index (κ1) is 20.9. The topological polar surface area (TPSA) is 58.9 Å². The van der Waals surface area contributed by atoms with Gasteiger partial charge in [-0.05, 0) is 68.8 Å². The second-order valence-corrected chi connectivity index (χ2v) is 8.09. The number of imidazole rings is 1. The maximum Gasteiger partial charge on any atom is 0.273 e. The molecule has 0 aliphatic rings. The Kier molecular flexibility index (Phi) is 5.95. The monoisotopic (exact) mass is 434 g/mol. The maximum absolute atomic E-state index is 13.0. The number of thiazole rings is 1. The van der Waals surface area contributed by atoms with Crippen LogP contribution in [0.1, 0.15) is 29.9 Å². The molecule has 1 N–H and O–H groups in total. The van der Waals surface area contributed by atoms with Crippen molar-refractivity contribution in [3.8, 4) is 17.0 Å². The first-order valence-electron chi connectivity index (χ1n) is 10.3. The SMILES string of the molecule is CCN(CC)c1ccc(NC(=O)c2csc3nc(-c4ccc(OC)cc4)cn23)c(C)c1. The van der Waals surface area contributed by atoms with Crippen molar-refractivity contribution in [2.45, 2.75) is 20.8 Å². The van der Waals surface area contributed by atoms with Gasteiger partial charge >= 0.3 is 0 Å². The van der Waals surface area contributed by atoms with Crippen molar-refractivity contribution in [2.24, 2.45) is 0 Å². The summed E-state index contributed by atoms with van der Waals surface area (Å²) in [6, 6.07) is 13.9. The summed E-state index contributed by atoms with van der Waals surface area (Å²) in [6.07, 6.45) is 1.90. The number of nitrogens with zero attached hydrogens (tertiary/aromatic N) is 3. The average molecular weight is 435 g/mol. The molecule has 1 amide bonds. The highest BCUT2D eigenvalue weighted by Crippen LogP contribution is 2.27. The van der Waals surface area contributed by atoms with Crippen LogP contribution in [-0.2, 0) is 0 Å². The van der Waals surface area contributed by atoms with Gasteiger partial charge in [-0.3, -0.25) is 9.20 Å². The Labute approximate surface area is 186 Å². The Hall–Kier alpha value is -3.32. The molecule has 0 aliphatic carbocycles. The molecular formula is C24H26N4O2S. The second-order valence-electron chi connectivity index (χ2n) is 7.25. The number of aromatic nitrogens is 2. The van der Waals surface area contributed by atoms with Crippen molar-refractivity contribution in [2.75, 3.05) is 30.4 Å². The zero-order valence-electron chi connectivity index (χ0n) is 18.2. The summed E-state index contributed by atoms with van der Waals surface area (Å²) in [7, 11) is 1.64. The summed E-state index contributed by atoms with van der Waals surface area (Å²) in [5, 5.41) is 4.90. The van der Waals surface area contributed by atoms with Gasteiger partial charge in [-0.25, -0.2) is 4.98 Å². The Morgan fingerprint density at radius 3 is 2.55 bits per heavy atom. The Balaban J connectivity index is 1.57. The van der Waals surface area contributed by atoms with Crippen LogP contribution in [-0.4, -0.2) is 35.5 Å². The van der Waals surface area contributed by atoms with E-state index in [9.17, 15) is 4.79 Å². The first-order chi connectivity index (χ1) is 15.0. The van der Waals surface area contributed by atoms with E-state index in [1.54, 1.807) is 7.11 Å². The Morgan fingerprint density at radius 1 is 1.16 bits per heavy atom. The van der Waals surface area contributed by atoms with Gasteiger partial charge in [-0.2, -0.15) is 0 Å². The molecule has 6 nitrogen and oxygen atoms in total. The molecule has 7 heteroatoms. The van der Waals surface area contributed by atoms with Crippen LogP contribution >= 0.6 is 11.3 Å². The molecule has 2 aromatic carbocycles. The molecule has 2 heterocycles. The van der Waals surface area contributed by atoms with Crippen molar-refractivity contribution >= 4 is 33.6 Å². The standard InChI is InChI=1S/C24H26N4O2S/c1-5-27(6-2)18-9-12-20(16(3)13-18)25-23(29)22-15-31-24-26-21(14-28(22)24)17-7-10-19(30-4)11-8-17/h7-15H,5-6H2,1-4H3,(H,25,29). The summed E-state index contributed by atoms with van der Waals surface area (Å²) < 4.78 is 7.07. The Morgan fingerprint density at radius 2 is 1.90 bits per heavy atom. The van der Waals surface area contributed by atoms with Gasteiger partial charge in [-0.15, -0.1) is 11.3 Å². The molecule has 4 aromatic rings. The molecule has 0 spiro atoms. The number of nitrogens with one attached hydrogen (secondary N) is 1. The number of fused-ring (bicyclic) bond motifs is 1. The van der Waals surface area contributed by atoms with Crippen LogP contribution in [0, 0.1) is 6.92 Å². The van der Waals surface area contributed by atoms with E-state index in [1.165, 1.54) is 11.3 Å². The summed E-state index contributed by atoms with van der Waals surface area (Å²) in [6.45, 7) is 8.20. The van der Waals surface area contributed by atoms with E-state index in [-0.39, 0.29) is 5.91 Å². The highest BCUT2D eigenvalue weighted by molar-refractivity contribution is 7.15. The predicted molar refractivity (Wildman–Crippen MR) is 128 cm³/mol. The van der Waals surface area contributed by atoms with E-state index in [1.807, 2.05) is 53.2 Å². The highest BCUT2D eigenvalue weighted by atomic mass is 32.1. The number of rotatable bonds is 7. The smallest absolute Gasteiger partial charge is 0.273 e. The lowest BCUT2D eigenvalue weighted by molar-refractivity contribution is 0.102. The third-order valence-corrected chi connectivity index (χ3v) is 6.25. The fourth-order valence-electron chi connectivity index (χ4n) is 3.61. The van der Waals surface area contributed by atoms with E-state index in [2.05, 4.69) is 41.2 Å². The van der Waals surface area contributed by atoms with Crippen LogP contribution in [0.4, 0.5) is 11.4 Å². The van der Waals surface area contributed by atoms with E-state index in [0.717, 1.165) is 52.0 Å². The summed E-state index contributed by atoms with van der Waals surface area (Å²) in [4.78, 5) is 20.8. The molecule has 0 saturated heterocycles. The lowest BCUT2D eigenvalue weighted by Gasteiger charge is -2.22. The van der Waals surface area contributed by atoms with E-state index in [4.69, 9.17) is 4.74 Å². The zero-order valence-corrected chi connectivity index (χ0v) is 19.0. The van der Waals surface area contributed by atoms with E-state index < -0.39 is 0 Å². The van der Waals surface area contributed by atoms with Gasteiger partial charge in [0.2, 0.25) is 0 Å². The summed E-state index contributed by atoms with van der Waals surface area (Å²) in [5.74, 6) is 0.649. The number of carbonyl (C=O) groups is 1. The lowest BCUT2D eigenvalue weighted by atomic mass is 10.1. The third kappa shape index (κ3) is 4.14. The number of ether oxygens (including phenoxy) is 1. The molecule has 0 aliphatic heterocycles. The fraction of sp³-hybridized carbons (Fsp3) is 0.250. The molecule has 0 unspecified atom stereocenters. The minimum Gasteiger partial charge on any atom is -0.497 e. The van der Waals surface area contributed by atoms with Crippen molar-refractivity contribution in [1.82, 2.24) is 9.38 Å². The molecule has 2 aromatic heterocycles. The largest absolute Gasteiger partial charge is 0.497 e. The van der Waals surface area contributed by atoms with Crippen molar-refractivity contribution in [3.63, 3.8) is 0 Å². The van der Waals surface area contributed by atoms with E-state index >= 15 is 0 Å². The van der Waals surface area contributed by atoms with Gasteiger partial charge in [-0.1, -0.05) is 0 Å². The minimum absolute atomic E-state index is 0.149. The van der Waals surface area contributed by atoms with Crippen LogP contribution in [0.3, 0.4) is 0 Å². The Bertz CT molecular complexity index is 1210. The van der Waals surface area contributed by atoms with Crippen molar-refractivity contribution < 1.29 is 9.53 Å². The van der Waals surface area contributed by atoms with Crippen LogP contribution < -0.4 is 15.0 Å². The van der Waals surface area contributed by atoms with Gasteiger partial charge in [0.1, 0.15) is 11.4 Å². The number of carbonyl (C=O) groups excluding carboxylic acids is 1. The van der Waals surface area contributed by atoms with Gasteiger partial charge in [0.25, 0.3) is 5.91 Å². The van der Waals surface area contributed by atoms with Crippen LogP contribution in [0.2, 0.25) is 0 Å². The van der Waals surface area contributed by atoms with E-state index in [0.29, 0.717) is 5.69 Å². The predicted octanol–water partition coefficient (Wildman–Crippen LogP) is 5.48. The molecule has 31 heavy (non-hydrogen) atoms. The molecule has 0 fully saturated rings. The molecule has 160 valence electrons. The molecular weight excluding hydrogens is 408 g/mol. The lowest BCUT2D eigenvalue weighted by Crippen LogP contribution is -2.22. The molecule has 0 atom stereocenters. The molecule has 0 bridgehead atoms. The maximum atomic E-state index is 13.0. The van der Waals surface area contributed by atoms with Crippen LogP contribution in [0.25, 0.3) is 16.2 Å². The molecule has 0 radical (unpaired) electrons. The van der Waals surface area contributed by atoms with Gasteiger partial charge in [0.15, 0.2) is 4.96 Å². The zero-order chi connectivity index (χ0) is 22.0. The summed E-state index contributed by atoms with van der Waals surface area (Å²) >= 11 is 1.45. The number of hydrogen-bond donors (Lipinski definition) is 1. The van der Waals surface area contributed by atoms with Crippen molar-refractivity contribution in [1.29, 1.82) is 0 Å². The van der Waals surface area contributed by atoms with Gasteiger partial charge in [0.05, 0.1) is 12.8 Å².